The molecule has 0 saturated heterocycles. The molecular formula is C12H13Fe. The molecule has 0 aliphatic heterocycles. The first-order valence-electron chi connectivity index (χ1n) is 4.76. The van der Waals surface area contributed by atoms with E-state index in [9.17, 15) is 0 Å². The Balaban J connectivity index is 2.26. The van der Waals surface area contributed by atoms with Crippen LogP contribution in [0.4, 0.5) is 0 Å². The Hall–Kier alpha value is -0.521. The van der Waals surface area contributed by atoms with E-state index in [0.717, 1.165) is 19.3 Å². The summed E-state index contributed by atoms with van der Waals surface area (Å²) >= 11 is 4.09. The fraction of sp³-hybridized carbons (Fsp3) is 0.333. The van der Waals surface area contributed by atoms with Gasteiger partial charge in [0.05, 0.1) is 0 Å². The van der Waals surface area contributed by atoms with Gasteiger partial charge in [-0.2, -0.15) is 0 Å². The topological polar surface area (TPSA) is 0 Å². The second-order valence-electron chi connectivity index (χ2n) is 3.37. The average molecular weight is 213 g/mol. The summed E-state index contributed by atoms with van der Waals surface area (Å²) in [6.45, 7) is 2.21. The molecule has 0 atom stereocenters. The standard InChI is InChI=1S/C12H13.Fe/c1-2-10-8-5-9-12(10)11-6-3-4-7-11;/h3-4,6,9H,2,5,7H2,1H3;. The first-order valence-corrected chi connectivity index (χ1v) is 5.31. The van der Waals surface area contributed by atoms with Crippen molar-refractivity contribution in [2.24, 2.45) is 0 Å². The molecule has 0 fully saturated rings. The Morgan fingerprint density at radius 1 is 1.38 bits per heavy atom. The summed E-state index contributed by atoms with van der Waals surface area (Å²) in [6, 6.07) is 0. The summed E-state index contributed by atoms with van der Waals surface area (Å²) in [5.41, 5.74) is 4.39. The Morgan fingerprint density at radius 3 is 2.85 bits per heavy atom. The van der Waals surface area contributed by atoms with E-state index in [1.165, 1.54) is 21.2 Å². The molecule has 0 spiro atoms. The van der Waals surface area contributed by atoms with Crippen molar-refractivity contribution in [1.29, 1.82) is 0 Å². The molecule has 0 aromatic carbocycles. The predicted molar refractivity (Wildman–Crippen MR) is 51.9 cm³/mol. The SMILES string of the molecule is CCC1=[C]([Fe])CC=C1C1=CC=CC1. The second-order valence-corrected chi connectivity index (χ2v) is 4.03. The quantitative estimate of drug-likeness (QED) is 0.616. The Bertz CT molecular complexity index is 340. The molecule has 13 heavy (non-hydrogen) atoms. The molecular weight excluding hydrogens is 200 g/mol. The van der Waals surface area contributed by atoms with E-state index in [-0.39, 0.29) is 0 Å². The first-order chi connectivity index (χ1) is 6.33. The van der Waals surface area contributed by atoms with E-state index in [4.69, 9.17) is 0 Å². The molecule has 0 aromatic rings. The molecule has 0 radical (unpaired) electrons. The molecule has 2 aliphatic carbocycles. The number of rotatable bonds is 2. The number of hydrogen-bond acceptors (Lipinski definition) is 0. The Morgan fingerprint density at radius 2 is 2.23 bits per heavy atom. The van der Waals surface area contributed by atoms with Crippen LogP contribution in [-0.2, 0) is 16.0 Å². The van der Waals surface area contributed by atoms with Crippen LogP contribution in [0.2, 0.25) is 0 Å². The van der Waals surface area contributed by atoms with Gasteiger partial charge < -0.3 is 0 Å². The van der Waals surface area contributed by atoms with Crippen LogP contribution in [0.25, 0.3) is 0 Å². The van der Waals surface area contributed by atoms with Gasteiger partial charge >= 0.3 is 87.7 Å². The zero-order valence-corrected chi connectivity index (χ0v) is 8.89. The van der Waals surface area contributed by atoms with Gasteiger partial charge in [0.2, 0.25) is 0 Å². The summed E-state index contributed by atoms with van der Waals surface area (Å²) in [4.78, 5) is 0. The van der Waals surface area contributed by atoms with E-state index in [2.05, 4.69) is 47.2 Å². The van der Waals surface area contributed by atoms with E-state index in [1.807, 2.05) is 0 Å². The van der Waals surface area contributed by atoms with Gasteiger partial charge in [0.25, 0.3) is 0 Å². The van der Waals surface area contributed by atoms with Gasteiger partial charge in [0, 0.05) is 0 Å². The van der Waals surface area contributed by atoms with Crippen molar-refractivity contribution >= 4 is 0 Å². The molecule has 2 aliphatic rings. The van der Waals surface area contributed by atoms with Crippen LogP contribution in [0.3, 0.4) is 0 Å². The van der Waals surface area contributed by atoms with Crippen molar-refractivity contribution in [1.82, 2.24) is 0 Å². The maximum absolute atomic E-state index is 4.09. The van der Waals surface area contributed by atoms with Crippen molar-refractivity contribution in [3.05, 3.63) is 45.5 Å². The van der Waals surface area contributed by atoms with Crippen molar-refractivity contribution in [3.63, 3.8) is 0 Å². The minimum atomic E-state index is 1.05. The van der Waals surface area contributed by atoms with E-state index >= 15 is 0 Å². The van der Waals surface area contributed by atoms with Crippen LogP contribution >= 0.6 is 0 Å². The molecule has 0 unspecified atom stereocenters. The van der Waals surface area contributed by atoms with E-state index < -0.39 is 0 Å². The van der Waals surface area contributed by atoms with Crippen molar-refractivity contribution in [2.75, 3.05) is 0 Å². The van der Waals surface area contributed by atoms with Crippen LogP contribution in [0.5, 0.6) is 0 Å². The molecule has 0 nitrogen and oxygen atoms in total. The van der Waals surface area contributed by atoms with Crippen molar-refractivity contribution < 1.29 is 16.0 Å². The van der Waals surface area contributed by atoms with Gasteiger partial charge in [0.1, 0.15) is 0 Å². The Kier molecular flexibility index (Phi) is 2.57. The third-order valence-electron chi connectivity index (χ3n) is 2.60. The van der Waals surface area contributed by atoms with Gasteiger partial charge in [-0.3, -0.25) is 0 Å². The monoisotopic (exact) mass is 213 g/mol. The molecule has 69 valence electrons. The van der Waals surface area contributed by atoms with Gasteiger partial charge in [-0.15, -0.1) is 0 Å². The molecule has 0 aromatic heterocycles. The second kappa shape index (κ2) is 3.69. The summed E-state index contributed by atoms with van der Waals surface area (Å²) in [6.07, 6.45) is 12.2. The predicted octanol–water partition coefficient (Wildman–Crippen LogP) is 3.41. The molecule has 0 bridgehead atoms. The van der Waals surface area contributed by atoms with Gasteiger partial charge in [-0.05, 0) is 0 Å². The van der Waals surface area contributed by atoms with Gasteiger partial charge in [-0.1, -0.05) is 0 Å². The Labute approximate surface area is 87.9 Å². The zero-order valence-electron chi connectivity index (χ0n) is 7.78. The zero-order chi connectivity index (χ0) is 9.26. The van der Waals surface area contributed by atoms with E-state index in [1.54, 1.807) is 0 Å². The summed E-state index contributed by atoms with van der Waals surface area (Å²) in [7, 11) is 0. The van der Waals surface area contributed by atoms with Crippen LogP contribution in [0.1, 0.15) is 26.2 Å². The van der Waals surface area contributed by atoms with Crippen LogP contribution < -0.4 is 0 Å². The third kappa shape index (κ3) is 1.59. The molecule has 0 amide bonds. The van der Waals surface area contributed by atoms with Crippen molar-refractivity contribution in [3.8, 4) is 0 Å². The normalized spacial score (nSPS) is 21.1. The number of allylic oxidation sites excluding steroid dienone is 8. The van der Waals surface area contributed by atoms with Crippen LogP contribution in [0, 0.1) is 0 Å². The molecule has 0 heterocycles. The van der Waals surface area contributed by atoms with Crippen LogP contribution in [0.15, 0.2) is 45.5 Å². The summed E-state index contributed by atoms with van der Waals surface area (Å²) < 4.78 is 1.31. The minimum absolute atomic E-state index is 1.05. The average Bonchev–Trinajstić information content (AvgIpc) is 2.71. The third-order valence-corrected chi connectivity index (χ3v) is 3.15. The van der Waals surface area contributed by atoms with Gasteiger partial charge in [-0.25, -0.2) is 0 Å². The van der Waals surface area contributed by atoms with E-state index in [0.29, 0.717) is 0 Å². The summed E-state index contributed by atoms with van der Waals surface area (Å²) in [5, 5.41) is 0. The van der Waals surface area contributed by atoms with Gasteiger partial charge in [0.15, 0.2) is 0 Å². The first kappa shape index (κ1) is 9.05. The number of hydrogen-bond donors (Lipinski definition) is 0. The fourth-order valence-corrected chi connectivity index (χ4v) is 2.38. The molecule has 2 rings (SSSR count). The van der Waals surface area contributed by atoms with Crippen molar-refractivity contribution in [2.45, 2.75) is 26.2 Å². The molecule has 0 saturated carbocycles. The van der Waals surface area contributed by atoms with Crippen LogP contribution in [-0.4, -0.2) is 0 Å². The molecule has 1 heteroatoms. The maximum atomic E-state index is 4.09. The fourth-order valence-electron chi connectivity index (χ4n) is 1.93. The molecule has 0 N–H and O–H groups in total. The summed E-state index contributed by atoms with van der Waals surface area (Å²) in [5.74, 6) is 0.